The van der Waals surface area contributed by atoms with Crippen molar-refractivity contribution in [3.05, 3.63) is 65.0 Å². The third kappa shape index (κ3) is 5.26. The van der Waals surface area contributed by atoms with Gasteiger partial charge in [0.1, 0.15) is 17.6 Å². The van der Waals surface area contributed by atoms with Crippen molar-refractivity contribution in [3.8, 4) is 5.75 Å². The van der Waals surface area contributed by atoms with E-state index in [1.54, 1.807) is 13.2 Å². The van der Waals surface area contributed by atoms with Gasteiger partial charge in [-0.05, 0) is 68.0 Å². The van der Waals surface area contributed by atoms with E-state index in [0.29, 0.717) is 19.0 Å². The predicted octanol–water partition coefficient (Wildman–Crippen LogP) is 4.24. The molecule has 2 aromatic carbocycles. The topological polar surface area (TPSA) is 61.9 Å². The second kappa shape index (κ2) is 10.6. The lowest BCUT2D eigenvalue weighted by Crippen LogP contribution is -2.54. The van der Waals surface area contributed by atoms with Crippen LogP contribution in [0.15, 0.2) is 42.5 Å². The van der Waals surface area contributed by atoms with Gasteiger partial charge >= 0.3 is 0 Å². The molecule has 0 aromatic heterocycles. The zero-order valence-corrected chi connectivity index (χ0v) is 22.0. The van der Waals surface area contributed by atoms with Crippen LogP contribution in [0, 0.1) is 24.1 Å². The molecule has 4 rings (SSSR count). The van der Waals surface area contributed by atoms with E-state index in [2.05, 4.69) is 29.4 Å². The highest BCUT2D eigenvalue weighted by Gasteiger charge is 2.48. The van der Waals surface area contributed by atoms with Crippen LogP contribution in [-0.2, 0) is 4.79 Å². The summed E-state index contributed by atoms with van der Waals surface area (Å²) in [4.78, 5) is 30.7. The van der Waals surface area contributed by atoms with Crippen LogP contribution in [0.25, 0.3) is 0 Å². The van der Waals surface area contributed by atoms with E-state index in [9.17, 15) is 14.0 Å². The molecule has 0 bridgehead atoms. The molecule has 1 unspecified atom stereocenters. The fourth-order valence-corrected chi connectivity index (χ4v) is 5.93. The quantitative estimate of drug-likeness (QED) is 0.652. The number of likely N-dealkylation sites (tertiary alicyclic amines) is 2. The maximum absolute atomic E-state index is 14.3. The number of benzene rings is 2. The summed E-state index contributed by atoms with van der Waals surface area (Å²) < 4.78 is 19.6. The summed E-state index contributed by atoms with van der Waals surface area (Å²) in [6, 6.07) is 12.1. The van der Waals surface area contributed by atoms with E-state index < -0.39 is 17.8 Å². The van der Waals surface area contributed by atoms with E-state index in [1.807, 2.05) is 37.8 Å². The summed E-state index contributed by atoms with van der Waals surface area (Å²) >= 11 is 0. The Morgan fingerprint density at radius 2 is 1.78 bits per heavy atom. The van der Waals surface area contributed by atoms with Crippen molar-refractivity contribution in [1.29, 1.82) is 0 Å². The number of halogens is 1. The van der Waals surface area contributed by atoms with Gasteiger partial charge in [-0.25, -0.2) is 4.39 Å². The molecule has 0 radical (unpaired) electrons. The van der Waals surface area contributed by atoms with E-state index in [4.69, 9.17) is 4.74 Å². The number of aryl methyl sites for hydroxylation is 1. The van der Waals surface area contributed by atoms with Gasteiger partial charge in [0.25, 0.3) is 5.91 Å². The van der Waals surface area contributed by atoms with Crippen LogP contribution >= 0.6 is 0 Å². The maximum Gasteiger partial charge on any atom is 0.254 e. The van der Waals surface area contributed by atoms with Crippen molar-refractivity contribution in [2.75, 3.05) is 40.3 Å². The van der Waals surface area contributed by atoms with Gasteiger partial charge in [0.2, 0.25) is 5.91 Å². The monoisotopic (exact) mass is 495 g/mol. The minimum Gasteiger partial charge on any atom is -0.497 e. The Kier molecular flexibility index (Phi) is 7.69. The molecule has 2 aliphatic rings. The molecule has 1 N–H and O–H groups in total. The van der Waals surface area contributed by atoms with Crippen LogP contribution in [0.4, 0.5) is 4.39 Å². The van der Waals surface area contributed by atoms with Gasteiger partial charge in [-0.3, -0.25) is 9.59 Å². The minimum absolute atomic E-state index is 0.0256. The molecule has 0 saturated carbocycles. The molecule has 0 aliphatic carbocycles. The van der Waals surface area contributed by atoms with Gasteiger partial charge in [0, 0.05) is 32.1 Å². The average molecular weight is 496 g/mol. The summed E-state index contributed by atoms with van der Waals surface area (Å²) in [6.45, 7) is 8.92. The van der Waals surface area contributed by atoms with Crippen LogP contribution in [-0.4, -0.2) is 68.0 Å². The van der Waals surface area contributed by atoms with Crippen LogP contribution < -0.4 is 10.1 Å². The predicted molar refractivity (Wildman–Crippen MR) is 139 cm³/mol. The Bertz CT molecular complexity index is 1090. The first kappa shape index (κ1) is 26.1. The summed E-state index contributed by atoms with van der Waals surface area (Å²) in [7, 11) is 3.84. The molecule has 1 spiro atoms. The third-order valence-electron chi connectivity index (χ3n) is 7.99. The molecule has 2 aliphatic heterocycles. The first-order chi connectivity index (χ1) is 17.1. The highest BCUT2D eigenvalue weighted by molar-refractivity contribution is 5.98. The second-order valence-electron chi connectivity index (χ2n) is 10.9. The third-order valence-corrected chi connectivity index (χ3v) is 7.99. The molecule has 2 fully saturated rings. The van der Waals surface area contributed by atoms with Crippen LogP contribution in [0.1, 0.15) is 54.1 Å². The SMILES string of the molecule is COc1ccc(C2CN(C)CC23CCN(C(=O)[C@H](NC(=O)c2cc(C)ccc2F)C(C)C)CC3)cc1. The number of rotatable bonds is 6. The Morgan fingerprint density at radius 3 is 2.39 bits per heavy atom. The number of ether oxygens (including phenoxy) is 1. The number of nitrogens with zero attached hydrogens (tertiary/aromatic N) is 2. The zero-order chi connectivity index (χ0) is 26.0. The molecule has 2 saturated heterocycles. The Hall–Kier alpha value is -2.93. The average Bonchev–Trinajstić information content (AvgIpc) is 3.18. The van der Waals surface area contributed by atoms with E-state index in [-0.39, 0.29) is 22.8 Å². The standard InChI is InChI=1S/C29H38FN3O3/c1-19(2)26(31-27(34)23-16-20(3)6-11-25(23)30)28(35)33-14-12-29(13-15-33)18-32(4)17-24(29)21-7-9-22(36-5)10-8-21/h6-11,16,19,24,26H,12-15,17-18H2,1-5H3,(H,31,34)/t24?,26-/m1/s1. The van der Waals surface area contributed by atoms with Crippen LogP contribution in [0.5, 0.6) is 5.75 Å². The summed E-state index contributed by atoms with van der Waals surface area (Å²) in [5.74, 6) is -0.0810. The lowest BCUT2D eigenvalue weighted by atomic mass is 9.68. The Labute approximate surface area is 213 Å². The molecule has 194 valence electrons. The van der Waals surface area contributed by atoms with E-state index in [1.165, 1.54) is 17.7 Å². The van der Waals surface area contributed by atoms with Crippen molar-refractivity contribution in [3.63, 3.8) is 0 Å². The van der Waals surface area contributed by atoms with E-state index >= 15 is 0 Å². The number of piperidine rings is 1. The summed E-state index contributed by atoms with van der Waals surface area (Å²) in [6.07, 6.45) is 1.82. The van der Waals surface area contributed by atoms with Crippen molar-refractivity contribution < 1.29 is 18.7 Å². The number of nitrogens with one attached hydrogen (secondary N) is 1. The second-order valence-corrected chi connectivity index (χ2v) is 10.9. The molecular formula is C29H38FN3O3. The van der Waals surface area contributed by atoms with Gasteiger partial charge < -0.3 is 19.9 Å². The van der Waals surface area contributed by atoms with Crippen molar-refractivity contribution in [1.82, 2.24) is 15.1 Å². The normalized spacial score (nSPS) is 20.5. The number of carbonyl (C=O) groups excluding carboxylic acids is 2. The molecule has 2 atom stereocenters. The molecule has 36 heavy (non-hydrogen) atoms. The zero-order valence-electron chi connectivity index (χ0n) is 22.0. The van der Waals surface area contributed by atoms with Gasteiger partial charge in [-0.1, -0.05) is 37.6 Å². The maximum atomic E-state index is 14.3. The molecule has 2 amide bonds. The summed E-state index contributed by atoms with van der Waals surface area (Å²) in [5.41, 5.74) is 2.19. The molecule has 2 aromatic rings. The number of carbonyl (C=O) groups is 2. The number of likely N-dealkylation sites (N-methyl/N-ethyl adjacent to an activating group) is 1. The molecule has 2 heterocycles. The van der Waals surface area contributed by atoms with Gasteiger partial charge in [-0.2, -0.15) is 0 Å². The van der Waals surface area contributed by atoms with Gasteiger partial charge in [0.05, 0.1) is 12.7 Å². The summed E-state index contributed by atoms with van der Waals surface area (Å²) in [5, 5.41) is 2.82. The highest BCUT2D eigenvalue weighted by Crippen LogP contribution is 2.49. The van der Waals surface area contributed by atoms with Crippen molar-refractivity contribution in [2.24, 2.45) is 11.3 Å². The number of amides is 2. The lowest BCUT2D eigenvalue weighted by molar-refractivity contribution is -0.136. The number of methoxy groups -OCH3 is 1. The Morgan fingerprint density at radius 1 is 1.11 bits per heavy atom. The van der Waals surface area contributed by atoms with Gasteiger partial charge in [-0.15, -0.1) is 0 Å². The number of hydrogen-bond donors (Lipinski definition) is 1. The van der Waals surface area contributed by atoms with E-state index in [0.717, 1.165) is 37.2 Å². The smallest absolute Gasteiger partial charge is 0.254 e. The fraction of sp³-hybridized carbons (Fsp3) is 0.517. The van der Waals surface area contributed by atoms with Gasteiger partial charge in [0.15, 0.2) is 0 Å². The molecular weight excluding hydrogens is 457 g/mol. The largest absolute Gasteiger partial charge is 0.497 e. The minimum atomic E-state index is -0.699. The number of hydrogen-bond acceptors (Lipinski definition) is 4. The van der Waals surface area contributed by atoms with Crippen LogP contribution in [0.3, 0.4) is 0 Å². The first-order valence-electron chi connectivity index (χ1n) is 12.8. The van der Waals surface area contributed by atoms with Crippen LogP contribution in [0.2, 0.25) is 0 Å². The molecule has 7 heteroatoms. The van der Waals surface area contributed by atoms with Crippen molar-refractivity contribution >= 4 is 11.8 Å². The first-order valence-corrected chi connectivity index (χ1v) is 12.8. The highest BCUT2D eigenvalue weighted by atomic mass is 19.1. The fourth-order valence-electron chi connectivity index (χ4n) is 5.93. The Balaban J connectivity index is 1.46. The lowest BCUT2D eigenvalue weighted by Gasteiger charge is -2.44. The van der Waals surface area contributed by atoms with Crippen molar-refractivity contribution in [2.45, 2.75) is 45.6 Å². The molecule has 6 nitrogen and oxygen atoms in total.